The number of hydrogen-bond donors (Lipinski definition) is 1. The second kappa shape index (κ2) is 7.33. The fraction of sp³-hybridized carbons (Fsp3) is 0.294. The van der Waals surface area contributed by atoms with E-state index in [0.29, 0.717) is 37.1 Å². The summed E-state index contributed by atoms with van der Waals surface area (Å²) in [5, 5.41) is 3.46. The second-order valence-electron chi connectivity index (χ2n) is 5.18. The van der Waals surface area contributed by atoms with Crippen LogP contribution < -0.4 is 14.8 Å². The molecular weight excluding hydrogens is 316 g/mol. The van der Waals surface area contributed by atoms with Crippen LogP contribution in [0, 0.1) is 0 Å². The molecule has 1 amide bonds. The number of benzene rings is 1. The van der Waals surface area contributed by atoms with Crippen LogP contribution in [0.15, 0.2) is 42.6 Å². The molecule has 1 aliphatic rings. The van der Waals surface area contributed by atoms with Crippen LogP contribution in [0.2, 0.25) is 5.02 Å². The summed E-state index contributed by atoms with van der Waals surface area (Å²) in [5.74, 6) is 1.10. The van der Waals surface area contributed by atoms with Gasteiger partial charge in [0.2, 0.25) is 11.8 Å². The van der Waals surface area contributed by atoms with Crippen molar-refractivity contribution >= 4 is 17.5 Å². The first kappa shape index (κ1) is 15.6. The maximum Gasteiger partial charge on any atom is 0.227 e. The number of nitrogens with one attached hydrogen (secondary N) is 1. The highest BCUT2D eigenvalue weighted by atomic mass is 35.5. The molecule has 0 spiro atoms. The lowest BCUT2D eigenvalue weighted by Crippen LogP contribution is -2.34. The Labute approximate surface area is 139 Å². The minimum atomic E-state index is -0.173. The number of aromatic nitrogens is 1. The highest BCUT2D eigenvalue weighted by Gasteiger charge is 2.26. The van der Waals surface area contributed by atoms with Gasteiger partial charge in [-0.15, -0.1) is 0 Å². The van der Waals surface area contributed by atoms with Gasteiger partial charge in [0.15, 0.2) is 0 Å². The average Bonchev–Trinajstić information content (AvgIpc) is 2.59. The van der Waals surface area contributed by atoms with Crippen LogP contribution in [-0.4, -0.2) is 30.6 Å². The molecule has 6 heteroatoms. The molecule has 0 unspecified atom stereocenters. The SMILES string of the molecule is O=C(NCCOc1ccc(Cl)cn1)[C@@H]1CCOc2ccccc21. The molecule has 1 N–H and O–H groups in total. The summed E-state index contributed by atoms with van der Waals surface area (Å²) in [4.78, 5) is 16.4. The summed E-state index contributed by atoms with van der Waals surface area (Å²) in [6.07, 6.45) is 2.21. The minimum Gasteiger partial charge on any atom is -0.493 e. The monoisotopic (exact) mass is 332 g/mol. The Balaban J connectivity index is 1.49. The zero-order valence-electron chi connectivity index (χ0n) is 12.5. The van der Waals surface area contributed by atoms with Crippen molar-refractivity contribution in [3.8, 4) is 11.6 Å². The summed E-state index contributed by atoms with van der Waals surface area (Å²) in [6, 6.07) is 11.1. The van der Waals surface area contributed by atoms with Crippen molar-refractivity contribution in [3.05, 3.63) is 53.2 Å². The van der Waals surface area contributed by atoms with Crippen LogP contribution in [0.5, 0.6) is 11.6 Å². The molecule has 0 saturated carbocycles. The third kappa shape index (κ3) is 3.93. The van der Waals surface area contributed by atoms with Gasteiger partial charge in [0, 0.05) is 17.8 Å². The number of para-hydroxylation sites is 1. The Morgan fingerprint density at radius 2 is 2.22 bits per heavy atom. The Morgan fingerprint density at radius 3 is 3.04 bits per heavy atom. The van der Waals surface area contributed by atoms with Gasteiger partial charge >= 0.3 is 0 Å². The van der Waals surface area contributed by atoms with E-state index in [-0.39, 0.29) is 11.8 Å². The van der Waals surface area contributed by atoms with Crippen LogP contribution in [0.4, 0.5) is 0 Å². The Morgan fingerprint density at radius 1 is 1.35 bits per heavy atom. The van der Waals surface area contributed by atoms with Gasteiger partial charge in [-0.25, -0.2) is 4.98 Å². The number of ether oxygens (including phenoxy) is 2. The van der Waals surface area contributed by atoms with Gasteiger partial charge < -0.3 is 14.8 Å². The van der Waals surface area contributed by atoms with E-state index in [9.17, 15) is 4.79 Å². The van der Waals surface area contributed by atoms with Crippen molar-refractivity contribution in [1.82, 2.24) is 10.3 Å². The minimum absolute atomic E-state index is 0.00610. The van der Waals surface area contributed by atoms with Gasteiger partial charge in [0.05, 0.1) is 24.1 Å². The summed E-state index contributed by atoms with van der Waals surface area (Å²) in [5.41, 5.74) is 0.941. The molecule has 2 aromatic rings. The van der Waals surface area contributed by atoms with Gasteiger partial charge in [-0.1, -0.05) is 29.8 Å². The highest BCUT2D eigenvalue weighted by Crippen LogP contribution is 2.33. The van der Waals surface area contributed by atoms with Gasteiger partial charge in [-0.05, 0) is 18.6 Å². The van der Waals surface area contributed by atoms with E-state index in [4.69, 9.17) is 21.1 Å². The van der Waals surface area contributed by atoms with E-state index >= 15 is 0 Å². The number of rotatable bonds is 5. The molecule has 120 valence electrons. The molecule has 1 atom stereocenters. The van der Waals surface area contributed by atoms with E-state index < -0.39 is 0 Å². The van der Waals surface area contributed by atoms with Gasteiger partial charge in [-0.3, -0.25) is 4.79 Å². The number of pyridine rings is 1. The number of fused-ring (bicyclic) bond motifs is 1. The summed E-state index contributed by atoms with van der Waals surface area (Å²) >= 11 is 5.76. The molecule has 1 aliphatic heterocycles. The first-order valence-electron chi connectivity index (χ1n) is 7.48. The molecule has 1 aromatic carbocycles. The van der Waals surface area contributed by atoms with Crippen molar-refractivity contribution in [1.29, 1.82) is 0 Å². The van der Waals surface area contributed by atoms with Crippen LogP contribution in [0.25, 0.3) is 0 Å². The van der Waals surface area contributed by atoms with Crippen molar-refractivity contribution in [2.24, 2.45) is 0 Å². The molecule has 3 rings (SSSR count). The number of hydrogen-bond acceptors (Lipinski definition) is 4. The van der Waals surface area contributed by atoms with Crippen molar-refractivity contribution < 1.29 is 14.3 Å². The van der Waals surface area contributed by atoms with Crippen LogP contribution >= 0.6 is 11.6 Å². The lowest BCUT2D eigenvalue weighted by Gasteiger charge is -2.25. The third-order valence-corrected chi connectivity index (χ3v) is 3.85. The molecular formula is C17H17ClN2O3. The fourth-order valence-corrected chi connectivity index (χ4v) is 2.63. The number of carbonyl (C=O) groups is 1. The quantitative estimate of drug-likeness (QED) is 0.855. The number of carbonyl (C=O) groups excluding carboxylic acids is 1. The maximum atomic E-state index is 12.4. The normalized spacial score (nSPS) is 16.1. The van der Waals surface area contributed by atoms with Crippen molar-refractivity contribution in [2.45, 2.75) is 12.3 Å². The van der Waals surface area contributed by atoms with Gasteiger partial charge in [-0.2, -0.15) is 0 Å². The summed E-state index contributed by atoms with van der Waals surface area (Å²) in [7, 11) is 0. The smallest absolute Gasteiger partial charge is 0.227 e. The number of amides is 1. The molecule has 0 saturated heterocycles. The summed E-state index contributed by atoms with van der Waals surface area (Å²) in [6.45, 7) is 1.33. The maximum absolute atomic E-state index is 12.4. The topological polar surface area (TPSA) is 60.5 Å². The predicted molar refractivity (Wildman–Crippen MR) is 87.0 cm³/mol. The number of halogens is 1. The third-order valence-electron chi connectivity index (χ3n) is 3.63. The van der Waals surface area contributed by atoms with E-state index in [1.54, 1.807) is 12.1 Å². The zero-order chi connectivity index (χ0) is 16.1. The lowest BCUT2D eigenvalue weighted by molar-refractivity contribution is -0.123. The molecule has 2 heterocycles. The van der Waals surface area contributed by atoms with Crippen LogP contribution in [0.1, 0.15) is 17.9 Å². The average molecular weight is 333 g/mol. The molecule has 0 fully saturated rings. The second-order valence-corrected chi connectivity index (χ2v) is 5.62. The number of nitrogens with zero attached hydrogens (tertiary/aromatic N) is 1. The van der Waals surface area contributed by atoms with E-state index in [0.717, 1.165) is 11.3 Å². The first-order chi connectivity index (χ1) is 11.2. The van der Waals surface area contributed by atoms with Crippen molar-refractivity contribution in [3.63, 3.8) is 0 Å². The van der Waals surface area contributed by atoms with E-state index in [2.05, 4.69) is 10.3 Å². The first-order valence-corrected chi connectivity index (χ1v) is 7.85. The van der Waals surface area contributed by atoms with Crippen LogP contribution in [0.3, 0.4) is 0 Å². The van der Waals surface area contributed by atoms with E-state index in [1.165, 1.54) is 6.20 Å². The Bertz CT molecular complexity index is 676. The van der Waals surface area contributed by atoms with Gasteiger partial charge in [0.1, 0.15) is 12.4 Å². The fourth-order valence-electron chi connectivity index (χ4n) is 2.52. The molecule has 0 radical (unpaired) electrons. The largest absolute Gasteiger partial charge is 0.493 e. The molecule has 1 aromatic heterocycles. The summed E-state index contributed by atoms with van der Waals surface area (Å²) < 4.78 is 11.0. The Hall–Kier alpha value is -2.27. The molecule has 0 bridgehead atoms. The lowest BCUT2D eigenvalue weighted by atomic mass is 9.92. The van der Waals surface area contributed by atoms with Crippen molar-refractivity contribution in [2.75, 3.05) is 19.8 Å². The molecule has 0 aliphatic carbocycles. The standard InChI is InChI=1S/C17H17ClN2O3/c18-12-5-6-16(20-11-12)23-10-8-19-17(21)14-7-9-22-15-4-2-1-3-13(14)15/h1-6,11,14H,7-10H2,(H,19,21)/t14-/m1/s1. The predicted octanol–water partition coefficient (Wildman–Crippen LogP) is 2.80. The van der Waals surface area contributed by atoms with E-state index in [1.807, 2.05) is 24.3 Å². The molecule has 23 heavy (non-hydrogen) atoms. The molecule has 5 nitrogen and oxygen atoms in total. The van der Waals surface area contributed by atoms with Crippen LogP contribution in [-0.2, 0) is 4.79 Å². The zero-order valence-corrected chi connectivity index (χ0v) is 13.3. The Kier molecular flexibility index (Phi) is 4.98. The highest BCUT2D eigenvalue weighted by molar-refractivity contribution is 6.30. The van der Waals surface area contributed by atoms with Gasteiger partial charge in [0.25, 0.3) is 0 Å².